The summed E-state index contributed by atoms with van der Waals surface area (Å²) in [6, 6.07) is 2.81. The lowest BCUT2D eigenvalue weighted by Gasteiger charge is -2.25. The summed E-state index contributed by atoms with van der Waals surface area (Å²) in [5.74, 6) is -0.145. The van der Waals surface area contributed by atoms with Crippen LogP contribution in [0, 0.1) is 0 Å². The van der Waals surface area contributed by atoms with E-state index >= 15 is 0 Å². The fourth-order valence-corrected chi connectivity index (χ4v) is 2.37. The smallest absolute Gasteiger partial charge is 0.356 e. The summed E-state index contributed by atoms with van der Waals surface area (Å²) >= 11 is 0. The molecule has 1 unspecified atom stereocenters. The number of methoxy groups -OCH3 is 1. The lowest BCUT2D eigenvalue weighted by Crippen LogP contribution is -2.42. The van der Waals surface area contributed by atoms with Gasteiger partial charge >= 0.3 is 5.97 Å². The van der Waals surface area contributed by atoms with E-state index in [2.05, 4.69) is 15.0 Å². The van der Waals surface area contributed by atoms with E-state index in [1.165, 1.54) is 13.2 Å². The Kier molecular flexibility index (Phi) is 4.07. The molecule has 2 rings (SSSR count). The van der Waals surface area contributed by atoms with Crippen LogP contribution in [0.5, 0.6) is 0 Å². The molecule has 1 amide bonds. The molecule has 20 heavy (non-hydrogen) atoms. The maximum atomic E-state index is 11.9. The van der Waals surface area contributed by atoms with Gasteiger partial charge in [-0.3, -0.25) is 4.79 Å². The summed E-state index contributed by atoms with van der Waals surface area (Å²) in [5, 5.41) is 2.63. The molecule has 1 atom stereocenters. The highest BCUT2D eigenvalue weighted by Crippen LogP contribution is 2.29. The van der Waals surface area contributed by atoms with E-state index < -0.39 is 5.97 Å². The molecule has 0 saturated carbocycles. The SMILES string of the molecule is CNC(=O)C1CCCN1c1nc(C(=O)OC)ccc1N. The number of ether oxygens (including phenoxy) is 1. The predicted molar refractivity (Wildman–Crippen MR) is 74.4 cm³/mol. The number of nitrogens with two attached hydrogens (primary N) is 1. The minimum absolute atomic E-state index is 0.0767. The van der Waals surface area contributed by atoms with Crippen molar-refractivity contribution >= 4 is 23.4 Å². The predicted octanol–water partition coefficient (Wildman–Crippen LogP) is 0.165. The molecule has 7 nitrogen and oxygen atoms in total. The van der Waals surface area contributed by atoms with E-state index in [4.69, 9.17) is 5.73 Å². The van der Waals surface area contributed by atoms with Crippen LogP contribution in [0.15, 0.2) is 12.1 Å². The number of likely N-dealkylation sites (N-methyl/N-ethyl adjacent to an activating group) is 1. The molecule has 1 aromatic heterocycles. The lowest BCUT2D eigenvalue weighted by atomic mass is 10.2. The van der Waals surface area contributed by atoms with Crippen LogP contribution in [0.3, 0.4) is 0 Å². The van der Waals surface area contributed by atoms with Crippen LogP contribution in [-0.2, 0) is 9.53 Å². The monoisotopic (exact) mass is 278 g/mol. The Morgan fingerprint density at radius 1 is 1.50 bits per heavy atom. The van der Waals surface area contributed by atoms with E-state index in [9.17, 15) is 9.59 Å². The highest BCUT2D eigenvalue weighted by molar-refractivity contribution is 5.90. The molecular formula is C13H18N4O3. The van der Waals surface area contributed by atoms with Crippen molar-refractivity contribution in [3.8, 4) is 0 Å². The third kappa shape index (κ3) is 2.52. The van der Waals surface area contributed by atoms with E-state index in [1.807, 2.05) is 4.90 Å². The average Bonchev–Trinajstić information content (AvgIpc) is 2.95. The highest BCUT2D eigenvalue weighted by Gasteiger charge is 2.32. The number of pyridine rings is 1. The second-order valence-electron chi connectivity index (χ2n) is 4.57. The van der Waals surface area contributed by atoms with E-state index in [0.717, 1.165) is 12.8 Å². The summed E-state index contributed by atoms with van der Waals surface area (Å²) in [6.07, 6.45) is 1.62. The molecule has 108 valence electrons. The first-order valence-corrected chi connectivity index (χ1v) is 6.41. The van der Waals surface area contributed by atoms with Gasteiger partial charge in [-0.05, 0) is 25.0 Å². The van der Waals surface area contributed by atoms with Gasteiger partial charge in [0.2, 0.25) is 5.91 Å². The van der Waals surface area contributed by atoms with Crippen LogP contribution in [0.1, 0.15) is 23.3 Å². The van der Waals surface area contributed by atoms with Crippen LogP contribution in [0.4, 0.5) is 11.5 Å². The topological polar surface area (TPSA) is 97.5 Å². The van der Waals surface area contributed by atoms with Crippen LogP contribution < -0.4 is 16.0 Å². The second-order valence-corrected chi connectivity index (χ2v) is 4.57. The molecular weight excluding hydrogens is 260 g/mol. The van der Waals surface area contributed by atoms with Crippen molar-refractivity contribution in [2.75, 3.05) is 31.3 Å². The van der Waals surface area contributed by atoms with Gasteiger partial charge in [-0.15, -0.1) is 0 Å². The number of carbonyl (C=O) groups is 2. The fourth-order valence-electron chi connectivity index (χ4n) is 2.37. The number of hydrogen-bond donors (Lipinski definition) is 2. The highest BCUT2D eigenvalue weighted by atomic mass is 16.5. The van der Waals surface area contributed by atoms with Gasteiger partial charge in [-0.2, -0.15) is 0 Å². The molecule has 0 aliphatic carbocycles. The van der Waals surface area contributed by atoms with Crippen molar-refractivity contribution in [1.29, 1.82) is 0 Å². The van der Waals surface area contributed by atoms with Gasteiger partial charge in [0.15, 0.2) is 11.5 Å². The minimum atomic E-state index is -0.526. The summed E-state index contributed by atoms with van der Waals surface area (Å²) in [6.45, 7) is 0.680. The quantitative estimate of drug-likeness (QED) is 0.765. The zero-order valence-electron chi connectivity index (χ0n) is 11.5. The maximum Gasteiger partial charge on any atom is 0.356 e. The number of hydrogen-bond acceptors (Lipinski definition) is 6. The molecule has 1 aliphatic heterocycles. The molecule has 1 aliphatic rings. The summed E-state index contributed by atoms with van der Waals surface area (Å²) in [7, 11) is 2.89. The molecule has 3 N–H and O–H groups in total. The number of anilines is 2. The number of amides is 1. The number of carbonyl (C=O) groups excluding carboxylic acids is 2. The summed E-state index contributed by atoms with van der Waals surface area (Å²) in [4.78, 5) is 29.5. The number of aromatic nitrogens is 1. The van der Waals surface area contributed by atoms with Crippen LogP contribution in [0.2, 0.25) is 0 Å². The number of nitrogens with zero attached hydrogens (tertiary/aromatic N) is 2. The first-order valence-electron chi connectivity index (χ1n) is 6.41. The first kappa shape index (κ1) is 14.1. The van der Waals surface area contributed by atoms with E-state index in [-0.39, 0.29) is 17.6 Å². The maximum absolute atomic E-state index is 11.9. The third-order valence-corrected chi connectivity index (χ3v) is 3.37. The van der Waals surface area contributed by atoms with E-state index in [0.29, 0.717) is 18.1 Å². The van der Waals surface area contributed by atoms with Crippen LogP contribution >= 0.6 is 0 Å². The molecule has 7 heteroatoms. The molecule has 0 aromatic carbocycles. The van der Waals surface area contributed by atoms with Gasteiger partial charge in [0.1, 0.15) is 6.04 Å². The first-order chi connectivity index (χ1) is 9.58. The lowest BCUT2D eigenvalue weighted by molar-refractivity contribution is -0.121. The average molecular weight is 278 g/mol. The minimum Gasteiger partial charge on any atom is -0.464 e. The Balaban J connectivity index is 2.35. The summed E-state index contributed by atoms with van der Waals surface area (Å²) in [5.41, 5.74) is 6.54. The van der Waals surface area contributed by atoms with Crippen molar-refractivity contribution < 1.29 is 14.3 Å². The second kappa shape index (κ2) is 5.77. The zero-order chi connectivity index (χ0) is 14.7. The Morgan fingerprint density at radius 2 is 2.25 bits per heavy atom. The van der Waals surface area contributed by atoms with Gasteiger partial charge in [0, 0.05) is 13.6 Å². The zero-order valence-corrected chi connectivity index (χ0v) is 11.5. The van der Waals surface area contributed by atoms with Crippen molar-refractivity contribution in [2.24, 2.45) is 0 Å². The Labute approximate surface area is 117 Å². The third-order valence-electron chi connectivity index (χ3n) is 3.37. The van der Waals surface area contributed by atoms with Gasteiger partial charge in [-0.25, -0.2) is 9.78 Å². The Bertz CT molecular complexity index is 532. The largest absolute Gasteiger partial charge is 0.464 e. The fraction of sp³-hybridized carbons (Fsp3) is 0.462. The number of esters is 1. The molecule has 1 saturated heterocycles. The molecule has 0 radical (unpaired) electrons. The molecule has 2 heterocycles. The van der Waals surface area contributed by atoms with Crippen LogP contribution in [-0.4, -0.2) is 43.6 Å². The Morgan fingerprint density at radius 3 is 2.90 bits per heavy atom. The van der Waals surface area contributed by atoms with Crippen molar-refractivity contribution in [3.05, 3.63) is 17.8 Å². The van der Waals surface area contributed by atoms with Crippen molar-refractivity contribution in [3.63, 3.8) is 0 Å². The normalized spacial score (nSPS) is 17.9. The van der Waals surface area contributed by atoms with Crippen molar-refractivity contribution in [2.45, 2.75) is 18.9 Å². The van der Waals surface area contributed by atoms with Gasteiger partial charge < -0.3 is 20.7 Å². The standard InChI is InChI=1S/C13H18N4O3/c1-15-12(18)10-4-3-7-17(10)11-8(14)5-6-9(16-11)13(19)20-2/h5-6,10H,3-4,7,14H2,1-2H3,(H,15,18). The molecule has 0 bridgehead atoms. The van der Waals surface area contributed by atoms with Gasteiger partial charge in [-0.1, -0.05) is 0 Å². The van der Waals surface area contributed by atoms with Gasteiger partial charge in [0.25, 0.3) is 0 Å². The summed E-state index contributed by atoms with van der Waals surface area (Å²) < 4.78 is 4.65. The molecule has 1 aromatic rings. The number of rotatable bonds is 3. The molecule has 1 fully saturated rings. The molecule has 0 spiro atoms. The Hall–Kier alpha value is -2.31. The number of nitrogen functional groups attached to an aromatic ring is 1. The van der Waals surface area contributed by atoms with Crippen molar-refractivity contribution in [1.82, 2.24) is 10.3 Å². The van der Waals surface area contributed by atoms with Gasteiger partial charge in [0.05, 0.1) is 12.8 Å². The van der Waals surface area contributed by atoms with Crippen LogP contribution in [0.25, 0.3) is 0 Å². The van der Waals surface area contributed by atoms with E-state index in [1.54, 1.807) is 13.1 Å². The number of nitrogens with one attached hydrogen (secondary N) is 1.